The number of hydrogen-bond acceptors (Lipinski definition) is 3. The quantitative estimate of drug-likeness (QED) is 0.892. The zero-order chi connectivity index (χ0) is 13.7. The predicted molar refractivity (Wildman–Crippen MR) is 78.7 cm³/mol. The van der Waals surface area contributed by atoms with Crippen LogP contribution in [0.15, 0.2) is 48.8 Å². The summed E-state index contributed by atoms with van der Waals surface area (Å²) in [5, 5.41) is 0. The minimum absolute atomic E-state index is 0.237. The lowest BCUT2D eigenvalue weighted by Gasteiger charge is -2.27. The largest absolute Gasteiger partial charge is 0.329 e. The molecular formula is C16H21N3. The Morgan fingerprint density at radius 2 is 1.95 bits per heavy atom. The van der Waals surface area contributed by atoms with Crippen molar-refractivity contribution in [1.29, 1.82) is 0 Å². The Hall–Kier alpha value is -1.71. The molecule has 0 bridgehead atoms. The second kappa shape index (κ2) is 6.45. The van der Waals surface area contributed by atoms with Gasteiger partial charge in [0.2, 0.25) is 0 Å². The average Bonchev–Trinajstić information content (AvgIpc) is 2.43. The van der Waals surface area contributed by atoms with E-state index in [1.807, 2.05) is 12.3 Å². The van der Waals surface area contributed by atoms with Crippen LogP contribution in [0, 0.1) is 6.92 Å². The summed E-state index contributed by atoms with van der Waals surface area (Å²) >= 11 is 0. The highest BCUT2D eigenvalue weighted by atomic mass is 15.1. The lowest BCUT2D eigenvalue weighted by atomic mass is 10.0. The molecule has 0 aliphatic heterocycles. The molecule has 1 unspecified atom stereocenters. The number of likely N-dealkylation sites (N-methyl/N-ethyl adjacent to an activating group) is 1. The van der Waals surface area contributed by atoms with E-state index in [4.69, 9.17) is 5.73 Å². The van der Waals surface area contributed by atoms with Gasteiger partial charge >= 0.3 is 0 Å². The van der Waals surface area contributed by atoms with Crippen molar-refractivity contribution in [2.24, 2.45) is 5.73 Å². The molecule has 2 rings (SSSR count). The molecule has 0 aliphatic carbocycles. The lowest BCUT2D eigenvalue weighted by molar-refractivity contribution is 0.241. The lowest BCUT2D eigenvalue weighted by Crippen LogP contribution is -2.30. The van der Waals surface area contributed by atoms with Crippen LogP contribution < -0.4 is 5.73 Å². The zero-order valence-electron chi connectivity index (χ0n) is 11.6. The van der Waals surface area contributed by atoms with Gasteiger partial charge in [-0.25, -0.2) is 0 Å². The molecule has 1 aromatic carbocycles. The van der Waals surface area contributed by atoms with Gasteiger partial charge in [0.1, 0.15) is 0 Å². The van der Waals surface area contributed by atoms with Crippen LogP contribution in [0.3, 0.4) is 0 Å². The Bertz CT molecular complexity index is 493. The second-order valence-electron chi connectivity index (χ2n) is 4.94. The van der Waals surface area contributed by atoms with Crippen molar-refractivity contribution in [3.05, 3.63) is 65.5 Å². The molecule has 100 valence electrons. The van der Waals surface area contributed by atoms with Gasteiger partial charge in [-0.3, -0.25) is 9.88 Å². The Morgan fingerprint density at radius 3 is 2.53 bits per heavy atom. The van der Waals surface area contributed by atoms with Crippen molar-refractivity contribution >= 4 is 0 Å². The van der Waals surface area contributed by atoms with Crippen LogP contribution in [0.1, 0.15) is 22.7 Å². The number of nitrogens with two attached hydrogens (primary N) is 1. The van der Waals surface area contributed by atoms with E-state index in [-0.39, 0.29) is 6.04 Å². The molecule has 3 nitrogen and oxygen atoms in total. The second-order valence-corrected chi connectivity index (χ2v) is 4.94. The minimum atomic E-state index is 0.237. The highest BCUT2D eigenvalue weighted by molar-refractivity contribution is 5.24. The third-order valence-electron chi connectivity index (χ3n) is 3.37. The summed E-state index contributed by atoms with van der Waals surface area (Å²) in [5.41, 5.74) is 9.68. The Labute approximate surface area is 115 Å². The van der Waals surface area contributed by atoms with Gasteiger partial charge in [0, 0.05) is 31.5 Å². The van der Waals surface area contributed by atoms with E-state index in [2.05, 4.69) is 54.2 Å². The molecular weight excluding hydrogens is 234 g/mol. The van der Waals surface area contributed by atoms with Crippen molar-refractivity contribution in [2.45, 2.75) is 19.5 Å². The van der Waals surface area contributed by atoms with E-state index in [0.717, 1.165) is 6.54 Å². The van der Waals surface area contributed by atoms with Crippen LogP contribution in [-0.4, -0.2) is 23.5 Å². The van der Waals surface area contributed by atoms with E-state index in [9.17, 15) is 0 Å². The number of aryl methyl sites for hydroxylation is 1. The van der Waals surface area contributed by atoms with Gasteiger partial charge in [0.05, 0.1) is 0 Å². The maximum Gasteiger partial charge on any atom is 0.0470 e. The van der Waals surface area contributed by atoms with Crippen molar-refractivity contribution in [1.82, 2.24) is 9.88 Å². The zero-order valence-corrected chi connectivity index (χ0v) is 11.6. The molecule has 1 heterocycles. The first-order valence-corrected chi connectivity index (χ1v) is 6.56. The third-order valence-corrected chi connectivity index (χ3v) is 3.37. The fraction of sp³-hybridized carbons (Fsp3) is 0.312. The summed E-state index contributed by atoms with van der Waals surface area (Å²) in [5.74, 6) is 0. The first-order chi connectivity index (χ1) is 9.20. The predicted octanol–water partition coefficient (Wildman–Crippen LogP) is 2.52. The Kier molecular flexibility index (Phi) is 4.66. The SMILES string of the molecule is Cc1ccc(C(CN)N(C)Cc2cccnc2)cc1. The number of aromatic nitrogens is 1. The highest BCUT2D eigenvalue weighted by Crippen LogP contribution is 2.20. The van der Waals surface area contributed by atoms with E-state index in [1.165, 1.54) is 16.7 Å². The fourth-order valence-corrected chi connectivity index (χ4v) is 2.25. The molecule has 0 aliphatic rings. The van der Waals surface area contributed by atoms with Crippen LogP contribution in [0.5, 0.6) is 0 Å². The minimum Gasteiger partial charge on any atom is -0.329 e. The Morgan fingerprint density at radius 1 is 1.21 bits per heavy atom. The first-order valence-electron chi connectivity index (χ1n) is 6.56. The van der Waals surface area contributed by atoms with Gasteiger partial charge in [-0.2, -0.15) is 0 Å². The summed E-state index contributed by atoms with van der Waals surface area (Å²) in [4.78, 5) is 6.41. The summed E-state index contributed by atoms with van der Waals surface area (Å²) in [6.07, 6.45) is 3.70. The van der Waals surface area contributed by atoms with Crippen LogP contribution in [0.25, 0.3) is 0 Å². The fourth-order valence-electron chi connectivity index (χ4n) is 2.25. The van der Waals surface area contributed by atoms with Crippen LogP contribution in [0.4, 0.5) is 0 Å². The van der Waals surface area contributed by atoms with E-state index < -0.39 is 0 Å². The molecule has 2 N–H and O–H groups in total. The summed E-state index contributed by atoms with van der Waals surface area (Å²) in [6, 6.07) is 12.9. The van der Waals surface area contributed by atoms with Crippen LogP contribution >= 0.6 is 0 Å². The van der Waals surface area contributed by atoms with Crippen LogP contribution in [0.2, 0.25) is 0 Å². The molecule has 0 spiro atoms. The Balaban J connectivity index is 2.11. The number of rotatable bonds is 5. The molecule has 1 aromatic heterocycles. The van der Waals surface area contributed by atoms with Crippen molar-refractivity contribution in [2.75, 3.05) is 13.6 Å². The van der Waals surface area contributed by atoms with E-state index >= 15 is 0 Å². The molecule has 2 aromatic rings. The standard InChI is InChI=1S/C16H21N3/c1-13-5-7-15(8-6-13)16(10-17)19(2)12-14-4-3-9-18-11-14/h3-9,11,16H,10,12,17H2,1-2H3. The topological polar surface area (TPSA) is 42.1 Å². The molecule has 1 atom stereocenters. The molecule has 3 heteroatoms. The van der Waals surface area contributed by atoms with Gasteiger partial charge in [-0.05, 0) is 31.2 Å². The molecule has 0 radical (unpaired) electrons. The van der Waals surface area contributed by atoms with Crippen molar-refractivity contribution in [3.8, 4) is 0 Å². The van der Waals surface area contributed by atoms with Gasteiger partial charge in [0.15, 0.2) is 0 Å². The van der Waals surface area contributed by atoms with E-state index in [0.29, 0.717) is 6.54 Å². The van der Waals surface area contributed by atoms with Gasteiger partial charge < -0.3 is 5.73 Å². The molecule has 0 amide bonds. The highest BCUT2D eigenvalue weighted by Gasteiger charge is 2.15. The molecule has 0 saturated carbocycles. The summed E-state index contributed by atoms with van der Waals surface area (Å²) in [7, 11) is 2.10. The van der Waals surface area contributed by atoms with Crippen LogP contribution in [-0.2, 0) is 6.54 Å². The summed E-state index contributed by atoms with van der Waals surface area (Å²) < 4.78 is 0. The van der Waals surface area contributed by atoms with Gasteiger partial charge in [-0.1, -0.05) is 35.9 Å². The molecule has 19 heavy (non-hydrogen) atoms. The normalized spacial score (nSPS) is 12.6. The van der Waals surface area contributed by atoms with E-state index in [1.54, 1.807) is 6.20 Å². The number of benzene rings is 1. The number of hydrogen-bond donors (Lipinski definition) is 1. The molecule has 0 saturated heterocycles. The summed E-state index contributed by atoms with van der Waals surface area (Å²) in [6.45, 7) is 3.56. The van der Waals surface area contributed by atoms with Crippen molar-refractivity contribution in [3.63, 3.8) is 0 Å². The number of nitrogens with zero attached hydrogens (tertiary/aromatic N) is 2. The maximum atomic E-state index is 5.94. The van der Waals surface area contributed by atoms with Crippen molar-refractivity contribution < 1.29 is 0 Å². The third kappa shape index (κ3) is 3.63. The van der Waals surface area contributed by atoms with Gasteiger partial charge in [-0.15, -0.1) is 0 Å². The first kappa shape index (κ1) is 13.7. The molecule has 0 fully saturated rings. The van der Waals surface area contributed by atoms with Gasteiger partial charge in [0.25, 0.3) is 0 Å². The monoisotopic (exact) mass is 255 g/mol. The average molecular weight is 255 g/mol. The smallest absolute Gasteiger partial charge is 0.0470 e. The number of pyridine rings is 1. The maximum absolute atomic E-state index is 5.94.